The fourth-order valence-corrected chi connectivity index (χ4v) is 4.34. The second kappa shape index (κ2) is 7.38. The molecule has 1 saturated carbocycles. The molecule has 1 fully saturated rings. The quantitative estimate of drug-likeness (QED) is 0.782. The first kappa shape index (κ1) is 18.1. The summed E-state index contributed by atoms with van der Waals surface area (Å²) in [7, 11) is 0. The number of fused-ring (bicyclic) bond motifs is 1. The Kier molecular flexibility index (Phi) is 4.95. The van der Waals surface area contributed by atoms with E-state index in [1.165, 1.54) is 0 Å². The molecule has 0 atom stereocenters. The molecule has 0 unspecified atom stereocenters. The van der Waals surface area contributed by atoms with Crippen molar-refractivity contribution < 1.29 is 14.3 Å². The van der Waals surface area contributed by atoms with E-state index < -0.39 is 5.79 Å². The van der Waals surface area contributed by atoms with Crippen molar-refractivity contribution in [2.45, 2.75) is 57.7 Å². The summed E-state index contributed by atoms with van der Waals surface area (Å²) in [4.78, 5) is 16.7. The normalized spacial score (nSPS) is 16.9. The number of thiazole rings is 1. The SMILES string of the molecule is CC(C)c1nc(CCNC(=O)Nc2ccc3c(c2)OC2(CCCC2)O3)cs1. The fraction of sp³-hybridized carbons (Fsp3) is 0.500. The molecule has 2 N–H and O–H groups in total. The van der Waals surface area contributed by atoms with Crippen molar-refractivity contribution >= 4 is 23.1 Å². The van der Waals surface area contributed by atoms with Crippen LogP contribution in [0, 0.1) is 0 Å². The molecular formula is C20H25N3O3S. The van der Waals surface area contributed by atoms with Crippen LogP contribution in [0.2, 0.25) is 0 Å². The maximum absolute atomic E-state index is 12.2. The summed E-state index contributed by atoms with van der Waals surface area (Å²) >= 11 is 1.67. The lowest BCUT2D eigenvalue weighted by Crippen LogP contribution is -2.34. The van der Waals surface area contributed by atoms with E-state index in [-0.39, 0.29) is 6.03 Å². The van der Waals surface area contributed by atoms with Crippen molar-refractivity contribution in [3.63, 3.8) is 0 Å². The number of hydrogen-bond acceptors (Lipinski definition) is 5. The van der Waals surface area contributed by atoms with Gasteiger partial charge in [0.1, 0.15) is 0 Å². The summed E-state index contributed by atoms with van der Waals surface area (Å²) < 4.78 is 12.0. The van der Waals surface area contributed by atoms with Gasteiger partial charge < -0.3 is 20.1 Å². The third kappa shape index (κ3) is 4.03. The van der Waals surface area contributed by atoms with Gasteiger partial charge in [0, 0.05) is 48.9 Å². The van der Waals surface area contributed by atoms with Gasteiger partial charge in [-0.1, -0.05) is 13.8 Å². The summed E-state index contributed by atoms with van der Waals surface area (Å²) in [5, 5.41) is 8.93. The Morgan fingerprint density at radius 1 is 1.26 bits per heavy atom. The molecule has 0 bridgehead atoms. The third-order valence-electron chi connectivity index (χ3n) is 4.89. The van der Waals surface area contributed by atoms with E-state index in [1.807, 2.05) is 18.2 Å². The number of nitrogens with one attached hydrogen (secondary N) is 2. The van der Waals surface area contributed by atoms with Crippen LogP contribution in [0.3, 0.4) is 0 Å². The smallest absolute Gasteiger partial charge is 0.319 e. The van der Waals surface area contributed by atoms with Crippen LogP contribution < -0.4 is 20.1 Å². The molecule has 2 aliphatic rings. The molecule has 27 heavy (non-hydrogen) atoms. The van der Waals surface area contributed by atoms with Crippen molar-refractivity contribution in [1.29, 1.82) is 0 Å². The van der Waals surface area contributed by atoms with Crippen LogP contribution in [0.15, 0.2) is 23.6 Å². The highest BCUT2D eigenvalue weighted by molar-refractivity contribution is 7.09. The van der Waals surface area contributed by atoms with E-state index >= 15 is 0 Å². The van der Waals surface area contributed by atoms with E-state index in [4.69, 9.17) is 9.47 Å². The number of rotatable bonds is 5. The molecule has 1 aliphatic heterocycles. The number of benzene rings is 1. The number of carbonyl (C=O) groups is 1. The highest BCUT2D eigenvalue weighted by Gasteiger charge is 2.44. The molecule has 2 heterocycles. The number of ether oxygens (including phenoxy) is 2. The summed E-state index contributed by atoms with van der Waals surface area (Å²) in [5.74, 6) is 1.42. The Labute approximate surface area is 163 Å². The van der Waals surface area contributed by atoms with E-state index in [2.05, 4.69) is 34.8 Å². The summed E-state index contributed by atoms with van der Waals surface area (Å²) in [6, 6.07) is 5.30. The first-order chi connectivity index (χ1) is 13.0. The van der Waals surface area contributed by atoms with Crippen LogP contribution in [0.25, 0.3) is 0 Å². The van der Waals surface area contributed by atoms with Gasteiger partial charge in [-0.2, -0.15) is 0 Å². The largest absolute Gasteiger partial charge is 0.448 e. The topological polar surface area (TPSA) is 72.5 Å². The Bertz CT molecular complexity index is 828. The molecular weight excluding hydrogens is 362 g/mol. The van der Waals surface area contributed by atoms with Gasteiger partial charge in [0.2, 0.25) is 0 Å². The van der Waals surface area contributed by atoms with Gasteiger partial charge in [-0.15, -0.1) is 11.3 Å². The third-order valence-corrected chi connectivity index (χ3v) is 6.08. The van der Waals surface area contributed by atoms with Crippen molar-refractivity contribution in [2.75, 3.05) is 11.9 Å². The van der Waals surface area contributed by atoms with Gasteiger partial charge in [-0.25, -0.2) is 9.78 Å². The Hall–Kier alpha value is -2.28. The number of carbonyl (C=O) groups excluding carboxylic acids is 1. The Morgan fingerprint density at radius 3 is 2.78 bits per heavy atom. The fourth-order valence-electron chi connectivity index (χ4n) is 3.47. The van der Waals surface area contributed by atoms with E-state index in [9.17, 15) is 4.79 Å². The van der Waals surface area contributed by atoms with Crippen LogP contribution in [0.1, 0.15) is 56.2 Å². The van der Waals surface area contributed by atoms with Crippen LogP contribution in [0.5, 0.6) is 11.5 Å². The Morgan fingerprint density at radius 2 is 2.04 bits per heavy atom. The van der Waals surface area contributed by atoms with Crippen LogP contribution in [-0.4, -0.2) is 23.3 Å². The van der Waals surface area contributed by atoms with Gasteiger partial charge >= 0.3 is 6.03 Å². The molecule has 6 nitrogen and oxygen atoms in total. The highest BCUT2D eigenvalue weighted by atomic mass is 32.1. The molecule has 1 aromatic carbocycles. The zero-order valence-electron chi connectivity index (χ0n) is 15.7. The van der Waals surface area contributed by atoms with Crippen LogP contribution >= 0.6 is 11.3 Å². The lowest BCUT2D eigenvalue weighted by molar-refractivity contribution is -0.0716. The number of nitrogens with zero attached hydrogens (tertiary/aromatic N) is 1. The molecule has 0 radical (unpaired) electrons. The highest BCUT2D eigenvalue weighted by Crippen LogP contribution is 2.47. The lowest BCUT2D eigenvalue weighted by atomic mass is 10.2. The van der Waals surface area contributed by atoms with Crippen molar-refractivity contribution in [2.24, 2.45) is 0 Å². The van der Waals surface area contributed by atoms with Crippen LogP contribution in [0.4, 0.5) is 10.5 Å². The number of urea groups is 1. The molecule has 2 aromatic rings. The molecule has 144 valence electrons. The number of amides is 2. The van der Waals surface area contributed by atoms with Gasteiger partial charge in [0.05, 0.1) is 10.7 Å². The second-order valence-corrected chi connectivity index (χ2v) is 8.34. The van der Waals surface area contributed by atoms with Crippen LogP contribution in [-0.2, 0) is 6.42 Å². The standard InChI is InChI=1S/C20H25N3O3S/c1-13(2)18-22-15(12-27-18)7-10-21-19(24)23-14-5-6-16-17(11-14)26-20(25-16)8-3-4-9-20/h5-6,11-13H,3-4,7-10H2,1-2H3,(H2,21,23,24). The maximum atomic E-state index is 12.2. The molecule has 1 aliphatic carbocycles. The van der Waals surface area contributed by atoms with Gasteiger partial charge in [0.25, 0.3) is 5.79 Å². The minimum absolute atomic E-state index is 0.233. The zero-order valence-corrected chi connectivity index (χ0v) is 16.5. The molecule has 4 rings (SSSR count). The average molecular weight is 388 g/mol. The first-order valence-corrected chi connectivity index (χ1v) is 10.4. The lowest BCUT2D eigenvalue weighted by Gasteiger charge is -2.21. The summed E-state index contributed by atoms with van der Waals surface area (Å²) in [5.41, 5.74) is 1.72. The van der Waals surface area contributed by atoms with Gasteiger partial charge in [-0.05, 0) is 25.0 Å². The average Bonchev–Trinajstić information content (AvgIpc) is 3.35. The van der Waals surface area contributed by atoms with Crippen molar-refractivity contribution in [1.82, 2.24) is 10.3 Å². The first-order valence-electron chi connectivity index (χ1n) is 9.54. The summed E-state index contributed by atoms with van der Waals surface area (Å²) in [6.07, 6.45) is 4.80. The minimum Gasteiger partial charge on any atom is -0.448 e. The number of aromatic nitrogens is 1. The minimum atomic E-state index is -0.481. The van der Waals surface area contributed by atoms with E-state index in [0.717, 1.165) is 48.6 Å². The maximum Gasteiger partial charge on any atom is 0.319 e. The zero-order chi connectivity index (χ0) is 18.9. The number of hydrogen-bond donors (Lipinski definition) is 2. The Balaban J connectivity index is 1.27. The van der Waals surface area contributed by atoms with Gasteiger partial charge in [-0.3, -0.25) is 0 Å². The molecule has 1 aromatic heterocycles. The second-order valence-electron chi connectivity index (χ2n) is 7.45. The number of anilines is 1. The predicted molar refractivity (Wildman–Crippen MR) is 106 cm³/mol. The van der Waals surface area contributed by atoms with E-state index in [0.29, 0.717) is 23.9 Å². The van der Waals surface area contributed by atoms with E-state index in [1.54, 1.807) is 11.3 Å². The predicted octanol–water partition coefficient (Wildman–Crippen LogP) is 4.67. The molecule has 2 amide bonds. The molecule has 7 heteroatoms. The molecule has 1 spiro atoms. The van der Waals surface area contributed by atoms with Crippen molar-refractivity contribution in [3.8, 4) is 11.5 Å². The monoisotopic (exact) mass is 387 g/mol. The van der Waals surface area contributed by atoms with Gasteiger partial charge in [0.15, 0.2) is 11.5 Å². The summed E-state index contributed by atoms with van der Waals surface area (Å²) in [6.45, 7) is 4.81. The van der Waals surface area contributed by atoms with Crippen molar-refractivity contribution in [3.05, 3.63) is 34.3 Å². The molecule has 0 saturated heterocycles.